The minimum atomic E-state index is -0.00480. The number of carbonyl (C=O) groups is 1. The molecule has 2 rings (SSSR count). The zero-order chi connectivity index (χ0) is 18.2. The Kier molecular flexibility index (Phi) is 7.29. The maximum atomic E-state index is 12.2. The molecule has 1 N–H and O–H groups in total. The van der Waals surface area contributed by atoms with Crippen molar-refractivity contribution in [3.05, 3.63) is 58.6 Å². The van der Waals surface area contributed by atoms with Crippen molar-refractivity contribution in [2.75, 3.05) is 32.1 Å². The van der Waals surface area contributed by atoms with Crippen LogP contribution in [0.3, 0.4) is 0 Å². The Morgan fingerprint density at radius 3 is 2.60 bits per heavy atom. The Hall–Kier alpha value is -2.04. The summed E-state index contributed by atoms with van der Waals surface area (Å²) >= 11 is 5.84. The molecule has 2 aromatic rings. The SMILES string of the molecule is Cc1cccc(NC(=O)CN(C)CCCOc2ccc(Cl)cc2)c1C. The first kappa shape index (κ1) is 19.3. The molecule has 134 valence electrons. The molecular weight excluding hydrogens is 336 g/mol. The lowest BCUT2D eigenvalue weighted by atomic mass is 10.1. The maximum absolute atomic E-state index is 12.2. The molecule has 0 saturated heterocycles. The van der Waals surface area contributed by atoms with E-state index in [9.17, 15) is 4.79 Å². The van der Waals surface area contributed by atoms with Crippen molar-refractivity contribution < 1.29 is 9.53 Å². The van der Waals surface area contributed by atoms with Gasteiger partial charge in [-0.1, -0.05) is 23.7 Å². The summed E-state index contributed by atoms with van der Waals surface area (Å²) in [5.74, 6) is 0.800. The summed E-state index contributed by atoms with van der Waals surface area (Å²) < 4.78 is 5.66. The van der Waals surface area contributed by atoms with Crippen molar-refractivity contribution in [2.45, 2.75) is 20.3 Å². The zero-order valence-corrected chi connectivity index (χ0v) is 15.8. The number of amides is 1. The Bertz CT molecular complexity index is 701. The summed E-state index contributed by atoms with van der Waals surface area (Å²) in [7, 11) is 1.94. The van der Waals surface area contributed by atoms with Crippen LogP contribution in [0.2, 0.25) is 5.02 Å². The smallest absolute Gasteiger partial charge is 0.238 e. The summed E-state index contributed by atoms with van der Waals surface area (Å²) in [6.45, 7) is 5.80. The van der Waals surface area contributed by atoms with Gasteiger partial charge in [0.2, 0.25) is 5.91 Å². The lowest BCUT2D eigenvalue weighted by molar-refractivity contribution is -0.117. The van der Waals surface area contributed by atoms with Crippen LogP contribution in [0.1, 0.15) is 17.5 Å². The van der Waals surface area contributed by atoms with Gasteiger partial charge in [-0.3, -0.25) is 9.69 Å². The van der Waals surface area contributed by atoms with E-state index >= 15 is 0 Å². The number of anilines is 1. The quantitative estimate of drug-likeness (QED) is 0.714. The van der Waals surface area contributed by atoms with Crippen LogP contribution in [0.25, 0.3) is 0 Å². The molecule has 4 nitrogen and oxygen atoms in total. The molecule has 0 aliphatic carbocycles. The first-order valence-corrected chi connectivity index (χ1v) is 8.76. The number of ether oxygens (including phenoxy) is 1. The fraction of sp³-hybridized carbons (Fsp3) is 0.350. The van der Waals surface area contributed by atoms with Gasteiger partial charge >= 0.3 is 0 Å². The number of carbonyl (C=O) groups excluding carboxylic acids is 1. The van der Waals surface area contributed by atoms with Crippen LogP contribution >= 0.6 is 11.6 Å². The highest BCUT2D eigenvalue weighted by Crippen LogP contribution is 2.18. The fourth-order valence-electron chi connectivity index (χ4n) is 2.46. The molecule has 1 amide bonds. The van der Waals surface area contributed by atoms with Crippen molar-refractivity contribution in [1.82, 2.24) is 4.90 Å². The number of aryl methyl sites for hydroxylation is 1. The van der Waals surface area contributed by atoms with Crippen LogP contribution in [0.15, 0.2) is 42.5 Å². The van der Waals surface area contributed by atoms with Crippen molar-refractivity contribution >= 4 is 23.2 Å². The van der Waals surface area contributed by atoms with Gasteiger partial charge in [0.25, 0.3) is 0 Å². The molecule has 0 fully saturated rings. The second-order valence-electron chi connectivity index (χ2n) is 6.19. The molecule has 0 bridgehead atoms. The minimum Gasteiger partial charge on any atom is -0.494 e. The number of hydrogen-bond donors (Lipinski definition) is 1. The molecule has 25 heavy (non-hydrogen) atoms. The number of benzene rings is 2. The summed E-state index contributed by atoms with van der Waals surface area (Å²) in [6, 6.07) is 13.2. The van der Waals surface area contributed by atoms with Gasteiger partial charge in [-0.2, -0.15) is 0 Å². The summed E-state index contributed by atoms with van der Waals surface area (Å²) in [4.78, 5) is 14.2. The van der Waals surface area contributed by atoms with Crippen LogP contribution in [0.4, 0.5) is 5.69 Å². The van der Waals surface area contributed by atoms with Gasteiger partial charge in [0, 0.05) is 17.3 Å². The first-order valence-electron chi connectivity index (χ1n) is 8.38. The standard InChI is InChI=1S/C20H25ClN2O2/c1-15-6-4-7-19(16(15)2)22-20(24)14-23(3)12-5-13-25-18-10-8-17(21)9-11-18/h4,6-11H,5,12-14H2,1-3H3,(H,22,24). The van der Waals surface area contributed by atoms with E-state index in [1.807, 2.05) is 56.1 Å². The molecule has 0 spiro atoms. The lowest BCUT2D eigenvalue weighted by Crippen LogP contribution is -2.31. The van der Waals surface area contributed by atoms with E-state index in [2.05, 4.69) is 5.32 Å². The molecule has 0 unspecified atom stereocenters. The number of nitrogens with one attached hydrogen (secondary N) is 1. The molecule has 0 heterocycles. The average Bonchev–Trinajstić information content (AvgIpc) is 2.57. The van der Waals surface area contributed by atoms with Gasteiger partial charge in [-0.15, -0.1) is 0 Å². The molecule has 0 atom stereocenters. The van der Waals surface area contributed by atoms with Crippen molar-refractivity contribution in [1.29, 1.82) is 0 Å². The van der Waals surface area contributed by atoms with Gasteiger partial charge in [0.15, 0.2) is 0 Å². The molecular formula is C20H25ClN2O2. The van der Waals surface area contributed by atoms with Crippen molar-refractivity contribution in [3.8, 4) is 5.75 Å². The average molecular weight is 361 g/mol. The highest BCUT2D eigenvalue weighted by molar-refractivity contribution is 6.30. The molecule has 2 aromatic carbocycles. The van der Waals surface area contributed by atoms with E-state index in [0.717, 1.165) is 30.0 Å². The summed E-state index contributed by atoms with van der Waals surface area (Å²) in [6.07, 6.45) is 0.843. The molecule has 0 saturated carbocycles. The second-order valence-corrected chi connectivity index (χ2v) is 6.63. The van der Waals surface area contributed by atoms with Gasteiger partial charge in [0.1, 0.15) is 5.75 Å². The van der Waals surface area contributed by atoms with Crippen LogP contribution in [-0.4, -0.2) is 37.6 Å². The third-order valence-electron chi connectivity index (χ3n) is 4.06. The number of hydrogen-bond acceptors (Lipinski definition) is 3. The van der Waals surface area contributed by atoms with Gasteiger partial charge < -0.3 is 10.1 Å². The monoisotopic (exact) mass is 360 g/mol. The molecule has 0 aliphatic rings. The second kappa shape index (κ2) is 9.44. The van der Waals surface area contributed by atoms with E-state index in [4.69, 9.17) is 16.3 Å². The number of nitrogens with zero attached hydrogens (tertiary/aromatic N) is 1. The molecule has 0 aliphatic heterocycles. The number of halogens is 1. The predicted molar refractivity (Wildman–Crippen MR) is 104 cm³/mol. The van der Waals surface area contributed by atoms with Crippen molar-refractivity contribution in [3.63, 3.8) is 0 Å². The molecule has 0 radical (unpaired) electrons. The van der Waals surface area contributed by atoms with Gasteiger partial charge in [-0.25, -0.2) is 0 Å². The Balaban J connectivity index is 1.69. The van der Waals surface area contributed by atoms with Crippen molar-refractivity contribution in [2.24, 2.45) is 0 Å². The predicted octanol–water partition coefficient (Wildman–Crippen LogP) is 4.30. The zero-order valence-electron chi connectivity index (χ0n) is 15.0. The normalized spacial score (nSPS) is 10.8. The van der Waals surface area contributed by atoms with E-state index in [1.54, 1.807) is 12.1 Å². The van der Waals surface area contributed by atoms with E-state index in [1.165, 1.54) is 5.56 Å². The Morgan fingerprint density at radius 2 is 1.88 bits per heavy atom. The van der Waals surface area contributed by atoms with Crippen LogP contribution < -0.4 is 10.1 Å². The van der Waals surface area contributed by atoms with Crippen LogP contribution in [0.5, 0.6) is 5.75 Å². The molecule has 0 aromatic heterocycles. The summed E-state index contributed by atoms with van der Waals surface area (Å²) in [5.41, 5.74) is 3.16. The van der Waals surface area contributed by atoms with Gasteiger partial charge in [-0.05, 0) is 68.8 Å². The summed E-state index contributed by atoms with van der Waals surface area (Å²) in [5, 5.41) is 3.68. The first-order chi connectivity index (χ1) is 12.0. The molecule has 5 heteroatoms. The van der Waals surface area contributed by atoms with E-state index in [0.29, 0.717) is 18.2 Å². The minimum absolute atomic E-state index is 0.00480. The number of rotatable bonds is 8. The number of likely N-dealkylation sites (N-methyl/N-ethyl adjacent to an activating group) is 1. The topological polar surface area (TPSA) is 41.6 Å². The Labute approximate surface area is 154 Å². The van der Waals surface area contributed by atoms with Gasteiger partial charge in [0.05, 0.1) is 13.2 Å². The highest BCUT2D eigenvalue weighted by atomic mass is 35.5. The van der Waals surface area contributed by atoms with Crippen LogP contribution in [-0.2, 0) is 4.79 Å². The van der Waals surface area contributed by atoms with Crippen LogP contribution in [0, 0.1) is 13.8 Å². The fourth-order valence-corrected chi connectivity index (χ4v) is 2.58. The largest absolute Gasteiger partial charge is 0.494 e. The third kappa shape index (κ3) is 6.40. The third-order valence-corrected chi connectivity index (χ3v) is 4.31. The highest BCUT2D eigenvalue weighted by Gasteiger charge is 2.09. The maximum Gasteiger partial charge on any atom is 0.238 e. The van der Waals surface area contributed by atoms with E-state index < -0.39 is 0 Å². The lowest BCUT2D eigenvalue weighted by Gasteiger charge is -2.17. The Morgan fingerprint density at radius 1 is 1.16 bits per heavy atom. The van der Waals surface area contributed by atoms with E-state index in [-0.39, 0.29) is 5.91 Å².